The molecule has 1 heterocycles. The summed E-state index contributed by atoms with van der Waals surface area (Å²) in [6, 6.07) is 26.5. The Hall–Kier alpha value is -3.58. The van der Waals surface area contributed by atoms with Crippen LogP contribution in [0.2, 0.25) is 0 Å². The Morgan fingerprint density at radius 3 is 2.23 bits per heavy atom. The molecule has 4 aromatic rings. The Labute approximate surface area is 184 Å². The van der Waals surface area contributed by atoms with Crippen molar-refractivity contribution in [1.82, 2.24) is 14.8 Å². The number of phenolic OH excluding ortho intramolecular Hbond substituents is 1. The van der Waals surface area contributed by atoms with Crippen molar-refractivity contribution < 1.29 is 14.6 Å². The zero-order valence-corrected chi connectivity index (χ0v) is 17.5. The number of ether oxygens (including phenoxy) is 1. The molecule has 0 atom stereocenters. The summed E-state index contributed by atoms with van der Waals surface area (Å²) >= 11 is 1.26. The number of rotatable bonds is 8. The molecule has 1 N–H and O–H groups in total. The molecule has 0 aliphatic rings. The molecule has 0 aliphatic carbocycles. The topological polar surface area (TPSA) is 77.2 Å². The molecule has 1 aromatic heterocycles. The monoisotopic (exact) mass is 431 g/mol. The van der Waals surface area contributed by atoms with Crippen molar-refractivity contribution in [2.45, 2.75) is 18.3 Å². The summed E-state index contributed by atoms with van der Waals surface area (Å²) in [7, 11) is 0. The fourth-order valence-electron chi connectivity index (χ4n) is 3.07. The van der Waals surface area contributed by atoms with Gasteiger partial charge in [0.05, 0.1) is 17.9 Å². The van der Waals surface area contributed by atoms with Crippen LogP contribution in [-0.4, -0.2) is 31.6 Å². The molecule has 0 aliphatic heterocycles. The predicted octanol–water partition coefficient (Wildman–Crippen LogP) is 4.53. The van der Waals surface area contributed by atoms with Crippen molar-refractivity contribution in [3.63, 3.8) is 0 Å². The minimum Gasteiger partial charge on any atom is -0.507 e. The third-order valence-electron chi connectivity index (χ3n) is 4.61. The Balaban J connectivity index is 1.51. The van der Waals surface area contributed by atoms with Crippen LogP contribution in [0.3, 0.4) is 0 Å². The number of phenols is 1. The van der Waals surface area contributed by atoms with Gasteiger partial charge in [0.25, 0.3) is 0 Å². The second-order valence-corrected chi connectivity index (χ2v) is 7.77. The largest absolute Gasteiger partial charge is 0.507 e. The molecular formula is C24H21N3O3S. The van der Waals surface area contributed by atoms with Gasteiger partial charge in [-0.3, -0.25) is 9.36 Å². The average Bonchev–Trinajstić information content (AvgIpc) is 3.20. The van der Waals surface area contributed by atoms with Gasteiger partial charge in [-0.05, 0) is 23.3 Å². The van der Waals surface area contributed by atoms with Crippen molar-refractivity contribution in [2.75, 3.05) is 5.75 Å². The van der Waals surface area contributed by atoms with Crippen LogP contribution in [0.5, 0.6) is 5.75 Å². The number of thioether (sulfide) groups is 1. The molecule has 0 saturated carbocycles. The molecule has 0 bridgehead atoms. The van der Waals surface area contributed by atoms with E-state index in [0.29, 0.717) is 23.1 Å². The standard InChI is InChI=1S/C24H21N3O3S/c28-21-14-8-7-13-20(21)23-25-26-24(27(23)15-18-9-3-1-4-10-18)31-17-22(29)30-16-19-11-5-2-6-12-19/h1-14,28H,15-17H2. The zero-order valence-electron chi connectivity index (χ0n) is 16.7. The van der Waals surface area contributed by atoms with Gasteiger partial charge in [0.1, 0.15) is 12.4 Å². The number of hydrogen-bond acceptors (Lipinski definition) is 6. The highest BCUT2D eigenvalue weighted by Gasteiger charge is 2.18. The van der Waals surface area contributed by atoms with Gasteiger partial charge in [-0.1, -0.05) is 84.6 Å². The van der Waals surface area contributed by atoms with E-state index >= 15 is 0 Å². The van der Waals surface area contributed by atoms with E-state index in [1.165, 1.54) is 11.8 Å². The molecule has 0 spiro atoms. The van der Waals surface area contributed by atoms with Crippen molar-refractivity contribution >= 4 is 17.7 Å². The van der Waals surface area contributed by atoms with E-state index in [0.717, 1.165) is 11.1 Å². The molecule has 0 radical (unpaired) electrons. The Morgan fingerprint density at radius 2 is 1.52 bits per heavy atom. The van der Waals surface area contributed by atoms with Gasteiger partial charge < -0.3 is 9.84 Å². The average molecular weight is 432 g/mol. The first-order valence-electron chi connectivity index (χ1n) is 9.78. The summed E-state index contributed by atoms with van der Waals surface area (Å²) in [5.41, 5.74) is 2.59. The fourth-order valence-corrected chi connectivity index (χ4v) is 3.80. The summed E-state index contributed by atoms with van der Waals surface area (Å²) in [6.07, 6.45) is 0. The van der Waals surface area contributed by atoms with Gasteiger partial charge in [0.15, 0.2) is 11.0 Å². The van der Waals surface area contributed by atoms with Crippen LogP contribution in [0.15, 0.2) is 90.1 Å². The Bertz CT molecular complexity index is 1150. The van der Waals surface area contributed by atoms with Gasteiger partial charge in [0, 0.05) is 0 Å². The number of benzene rings is 3. The lowest BCUT2D eigenvalue weighted by Crippen LogP contribution is -2.09. The second-order valence-electron chi connectivity index (χ2n) is 6.83. The molecule has 0 fully saturated rings. The highest BCUT2D eigenvalue weighted by atomic mass is 32.2. The number of esters is 1. The maximum absolute atomic E-state index is 12.2. The normalized spacial score (nSPS) is 10.7. The van der Waals surface area contributed by atoms with Gasteiger partial charge in [-0.2, -0.15) is 0 Å². The van der Waals surface area contributed by atoms with E-state index < -0.39 is 0 Å². The lowest BCUT2D eigenvalue weighted by atomic mass is 10.1. The molecule has 31 heavy (non-hydrogen) atoms. The first kappa shape index (κ1) is 20.7. The first-order valence-corrected chi connectivity index (χ1v) is 10.8. The lowest BCUT2D eigenvalue weighted by Gasteiger charge is -2.11. The summed E-state index contributed by atoms with van der Waals surface area (Å²) in [4.78, 5) is 12.2. The molecule has 6 nitrogen and oxygen atoms in total. The van der Waals surface area contributed by atoms with E-state index in [-0.39, 0.29) is 24.1 Å². The van der Waals surface area contributed by atoms with Crippen LogP contribution in [0.1, 0.15) is 11.1 Å². The number of nitrogens with zero attached hydrogens (tertiary/aromatic N) is 3. The van der Waals surface area contributed by atoms with Crippen LogP contribution in [0, 0.1) is 0 Å². The summed E-state index contributed by atoms with van der Waals surface area (Å²) in [6.45, 7) is 0.749. The van der Waals surface area contributed by atoms with Gasteiger partial charge in [-0.15, -0.1) is 10.2 Å². The second kappa shape index (κ2) is 9.95. The van der Waals surface area contributed by atoms with E-state index in [9.17, 15) is 9.90 Å². The third-order valence-corrected chi connectivity index (χ3v) is 5.55. The molecule has 7 heteroatoms. The quantitative estimate of drug-likeness (QED) is 0.326. The van der Waals surface area contributed by atoms with Crippen LogP contribution in [0.25, 0.3) is 11.4 Å². The molecule has 0 unspecified atom stereocenters. The number of hydrogen-bond donors (Lipinski definition) is 1. The molecule has 156 valence electrons. The number of carbonyl (C=O) groups excluding carboxylic acids is 1. The molecular weight excluding hydrogens is 410 g/mol. The number of carbonyl (C=O) groups is 1. The van der Waals surface area contributed by atoms with Gasteiger partial charge in [0.2, 0.25) is 0 Å². The molecule has 4 rings (SSSR count). The van der Waals surface area contributed by atoms with E-state index in [1.54, 1.807) is 18.2 Å². The number of para-hydroxylation sites is 1. The number of aromatic nitrogens is 3. The van der Waals surface area contributed by atoms with E-state index in [4.69, 9.17) is 4.74 Å². The van der Waals surface area contributed by atoms with Crippen molar-refractivity contribution in [3.8, 4) is 17.1 Å². The van der Waals surface area contributed by atoms with E-state index in [2.05, 4.69) is 10.2 Å². The SMILES string of the molecule is O=C(CSc1nnc(-c2ccccc2O)n1Cc1ccccc1)OCc1ccccc1. The highest BCUT2D eigenvalue weighted by Crippen LogP contribution is 2.30. The number of aromatic hydroxyl groups is 1. The maximum atomic E-state index is 12.2. The molecule has 0 amide bonds. The third kappa shape index (κ3) is 5.32. The van der Waals surface area contributed by atoms with E-state index in [1.807, 2.05) is 71.3 Å². The van der Waals surface area contributed by atoms with Crippen LogP contribution < -0.4 is 0 Å². The van der Waals surface area contributed by atoms with Crippen LogP contribution >= 0.6 is 11.8 Å². The smallest absolute Gasteiger partial charge is 0.316 e. The highest BCUT2D eigenvalue weighted by molar-refractivity contribution is 7.99. The molecule has 3 aromatic carbocycles. The van der Waals surface area contributed by atoms with Gasteiger partial charge >= 0.3 is 5.97 Å². The van der Waals surface area contributed by atoms with Crippen LogP contribution in [0.4, 0.5) is 0 Å². The summed E-state index contributed by atoms with van der Waals surface area (Å²) < 4.78 is 7.26. The summed E-state index contributed by atoms with van der Waals surface area (Å²) in [5.74, 6) is 0.456. The maximum Gasteiger partial charge on any atom is 0.316 e. The Morgan fingerprint density at radius 1 is 0.871 bits per heavy atom. The predicted molar refractivity (Wildman–Crippen MR) is 120 cm³/mol. The van der Waals surface area contributed by atoms with Gasteiger partial charge in [-0.25, -0.2) is 0 Å². The summed E-state index contributed by atoms with van der Waals surface area (Å²) in [5, 5.41) is 19.5. The lowest BCUT2D eigenvalue weighted by molar-refractivity contribution is -0.141. The fraction of sp³-hybridized carbons (Fsp3) is 0.125. The minimum absolute atomic E-state index is 0.112. The van der Waals surface area contributed by atoms with Crippen molar-refractivity contribution in [1.29, 1.82) is 0 Å². The molecule has 0 saturated heterocycles. The minimum atomic E-state index is -0.327. The van der Waals surface area contributed by atoms with Crippen molar-refractivity contribution in [2.24, 2.45) is 0 Å². The van der Waals surface area contributed by atoms with Crippen molar-refractivity contribution in [3.05, 3.63) is 96.1 Å². The zero-order chi connectivity index (χ0) is 21.5. The van der Waals surface area contributed by atoms with Crippen LogP contribution in [-0.2, 0) is 22.7 Å². The Kier molecular flexibility index (Phi) is 6.64. The first-order chi connectivity index (χ1) is 15.2.